The predicted molar refractivity (Wildman–Crippen MR) is 79.5 cm³/mol. The normalized spacial score (nSPS) is 10.8. The molecule has 0 atom stereocenters. The number of hydrogen-bond acceptors (Lipinski definition) is 5. The van der Waals surface area contributed by atoms with E-state index in [1.807, 2.05) is 0 Å². The summed E-state index contributed by atoms with van der Waals surface area (Å²) in [7, 11) is 0. The summed E-state index contributed by atoms with van der Waals surface area (Å²) in [6.45, 7) is 2.87. The van der Waals surface area contributed by atoms with Crippen LogP contribution in [0.1, 0.15) is 11.1 Å². The summed E-state index contributed by atoms with van der Waals surface area (Å²) in [4.78, 5) is 15.4. The van der Waals surface area contributed by atoms with Gasteiger partial charge in [0, 0.05) is 6.54 Å². The molecule has 2 heterocycles. The van der Waals surface area contributed by atoms with Crippen molar-refractivity contribution in [2.24, 2.45) is 0 Å². The lowest BCUT2D eigenvalue weighted by atomic mass is 10.1. The lowest BCUT2D eigenvalue weighted by molar-refractivity contribution is 1.00. The van der Waals surface area contributed by atoms with Gasteiger partial charge in [0.2, 0.25) is 5.95 Å². The van der Waals surface area contributed by atoms with Gasteiger partial charge in [-0.15, -0.1) is 0 Å². The second-order valence-corrected chi connectivity index (χ2v) is 4.70. The smallest absolute Gasteiger partial charge is 0.224 e. The van der Waals surface area contributed by atoms with Crippen molar-refractivity contribution in [1.29, 1.82) is 0 Å². The standard InChI is InChI=1S/C14H16N6/c1-9-3-2-4-10(7-9)5-6-16-12-11-13(18-8-17-11)20-14(15)19-12/h2-4,7-8H,5-6H2,1H3,(H4,15,16,17,18,19,20). The third-order valence-electron chi connectivity index (χ3n) is 3.09. The van der Waals surface area contributed by atoms with Gasteiger partial charge in [-0.05, 0) is 18.9 Å². The minimum Gasteiger partial charge on any atom is -0.368 e. The molecule has 0 aliphatic heterocycles. The zero-order chi connectivity index (χ0) is 13.9. The molecule has 0 saturated heterocycles. The lowest BCUT2D eigenvalue weighted by Gasteiger charge is -2.07. The summed E-state index contributed by atoms with van der Waals surface area (Å²) >= 11 is 0. The van der Waals surface area contributed by atoms with Crippen LogP contribution in [0.5, 0.6) is 0 Å². The van der Waals surface area contributed by atoms with E-state index in [1.54, 1.807) is 6.33 Å². The molecule has 0 radical (unpaired) electrons. The van der Waals surface area contributed by atoms with Crippen molar-refractivity contribution in [2.75, 3.05) is 17.6 Å². The number of nitrogens with two attached hydrogens (primary N) is 1. The van der Waals surface area contributed by atoms with E-state index in [4.69, 9.17) is 5.73 Å². The Morgan fingerprint density at radius 3 is 3.05 bits per heavy atom. The van der Waals surface area contributed by atoms with Gasteiger partial charge in [-0.25, -0.2) is 4.98 Å². The maximum absolute atomic E-state index is 5.67. The highest BCUT2D eigenvalue weighted by atomic mass is 15.1. The van der Waals surface area contributed by atoms with Crippen molar-refractivity contribution in [2.45, 2.75) is 13.3 Å². The molecule has 3 aromatic rings. The number of fused-ring (bicyclic) bond motifs is 1. The molecular formula is C14H16N6. The van der Waals surface area contributed by atoms with Crippen LogP contribution in [0.15, 0.2) is 30.6 Å². The highest BCUT2D eigenvalue weighted by Gasteiger charge is 2.07. The van der Waals surface area contributed by atoms with Crippen molar-refractivity contribution in [1.82, 2.24) is 19.9 Å². The number of benzene rings is 1. The van der Waals surface area contributed by atoms with Crippen molar-refractivity contribution in [3.8, 4) is 0 Å². The van der Waals surface area contributed by atoms with Gasteiger partial charge >= 0.3 is 0 Å². The number of nitrogen functional groups attached to an aromatic ring is 1. The van der Waals surface area contributed by atoms with Gasteiger partial charge in [0.25, 0.3) is 0 Å². The summed E-state index contributed by atoms with van der Waals surface area (Å²) in [6, 6.07) is 8.47. The Bertz CT molecular complexity index is 733. The highest BCUT2D eigenvalue weighted by molar-refractivity contribution is 5.83. The van der Waals surface area contributed by atoms with E-state index in [1.165, 1.54) is 11.1 Å². The van der Waals surface area contributed by atoms with Crippen LogP contribution in [0, 0.1) is 6.92 Å². The Morgan fingerprint density at radius 2 is 2.20 bits per heavy atom. The zero-order valence-corrected chi connectivity index (χ0v) is 11.2. The van der Waals surface area contributed by atoms with E-state index >= 15 is 0 Å². The van der Waals surface area contributed by atoms with Gasteiger partial charge in [-0.3, -0.25) is 0 Å². The van der Waals surface area contributed by atoms with Crippen LogP contribution in [0.2, 0.25) is 0 Å². The second-order valence-electron chi connectivity index (χ2n) is 4.70. The molecule has 0 fully saturated rings. The van der Waals surface area contributed by atoms with Crippen LogP contribution in [0.4, 0.5) is 11.8 Å². The Kier molecular flexibility index (Phi) is 3.20. The van der Waals surface area contributed by atoms with Gasteiger partial charge in [0.15, 0.2) is 11.5 Å². The third kappa shape index (κ3) is 2.54. The van der Waals surface area contributed by atoms with Crippen LogP contribution in [0.25, 0.3) is 11.2 Å². The van der Waals surface area contributed by atoms with Crippen LogP contribution in [-0.2, 0) is 6.42 Å². The number of aryl methyl sites for hydroxylation is 1. The molecule has 0 aliphatic rings. The number of nitrogens with zero attached hydrogens (tertiary/aromatic N) is 3. The number of nitrogens with one attached hydrogen (secondary N) is 2. The molecule has 0 saturated carbocycles. The summed E-state index contributed by atoms with van der Waals surface area (Å²) in [6.07, 6.45) is 2.51. The Labute approximate surface area is 116 Å². The average Bonchev–Trinajstić information content (AvgIpc) is 2.87. The van der Waals surface area contributed by atoms with Crippen LogP contribution in [-0.4, -0.2) is 26.5 Å². The van der Waals surface area contributed by atoms with Crippen molar-refractivity contribution < 1.29 is 0 Å². The number of anilines is 2. The number of H-pyrrole nitrogens is 1. The molecule has 0 bridgehead atoms. The fraction of sp³-hybridized carbons (Fsp3) is 0.214. The summed E-state index contributed by atoms with van der Waals surface area (Å²) in [5, 5.41) is 3.28. The first-order chi connectivity index (χ1) is 9.72. The molecule has 1 aromatic carbocycles. The maximum atomic E-state index is 5.67. The molecule has 20 heavy (non-hydrogen) atoms. The quantitative estimate of drug-likeness (QED) is 0.672. The van der Waals surface area contributed by atoms with Gasteiger partial charge in [-0.1, -0.05) is 29.8 Å². The van der Waals surface area contributed by atoms with Crippen molar-refractivity contribution in [3.63, 3.8) is 0 Å². The van der Waals surface area contributed by atoms with Gasteiger partial charge < -0.3 is 16.0 Å². The highest BCUT2D eigenvalue weighted by Crippen LogP contribution is 2.17. The van der Waals surface area contributed by atoms with Crippen molar-refractivity contribution >= 4 is 22.9 Å². The minimum absolute atomic E-state index is 0.225. The van der Waals surface area contributed by atoms with Gasteiger partial charge in [-0.2, -0.15) is 9.97 Å². The zero-order valence-electron chi connectivity index (χ0n) is 11.2. The molecule has 6 heteroatoms. The van der Waals surface area contributed by atoms with Gasteiger partial charge in [0.05, 0.1) is 6.33 Å². The van der Waals surface area contributed by atoms with E-state index in [9.17, 15) is 0 Å². The molecule has 4 N–H and O–H groups in total. The lowest BCUT2D eigenvalue weighted by Crippen LogP contribution is -2.09. The van der Waals surface area contributed by atoms with Crippen LogP contribution in [0.3, 0.4) is 0 Å². The van der Waals surface area contributed by atoms with Crippen molar-refractivity contribution in [3.05, 3.63) is 41.7 Å². The minimum atomic E-state index is 0.225. The molecular weight excluding hydrogens is 252 g/mol. The molecule has 0 aliphatic carbocycles. The predicted octanol–water partition coefficient (Wildman–Crippen LogP) is 1.90. The first-order valence-corrected chi connectivity index (χ1v) is 6.48. The number of aromatic nitrogens is 4. The monoisotopic (exact) mass is 268 g/mol. The number of rotatable bonds is 4. The van der Waals surface area contributed by atoms with E-state index in [2.05, 4.69) is 56.4 Å². The topological polar surface area (TPSA) is 92.5 Å². The number of hydrogen-bond donors (Lipinski definition) is 3. The number of imidazole rings is 1. The molecule has 102 valence electrons. The fourth-order valence-corrected chi connectivity index (χ4v) is 2.17. The average molecular weight is 268 g/mol. The van der Waals surface area contributed by atoms with Crippen LogP contribution >= 0.6 is 0 Å². The molecule has 2 aromatic heterocycles. The maximum Gasteiger partial charge on any atom is 0.224 e. The SMILES string of the molecule is Cc1cccc(CCNc2nc(N)nc3nc[nH]c23)c1. The van der Waals surface area contributed by atoms with E-state index in [0.717, 1.165) is 18.5 Å². The molecule has 0 amide bonds. The van der Waals surface area contributed by atoms with Gasteiger partial charge in [0.1, 0.15) is 5.52 Å². The Morgan fingerprint density at radius 1 is 1.30 bits per heavy atom. The Balaban J connectivity index is 1.72. The second kappa shape index (κ2) is 5.16. The van der Waals surface area contributed by atoms with Crippen LogP contribution < -0.4 is 11.1 Å². The Hall–Kier alpha value is -2.63. The molecule has 6 nitrogen and oxygen atoms in total. The fourth-order valence-electron chi connectivity index (χ4n) is 2.17. The van der Waals surface area contributed by atoms with E-state index in [-0.39, 0.29) is 5.95 Å². The first kappa shape index (κ1) is 12.4. The van der Waals surface area contributed by atoms with E-state index < -0.39 is 0 Å². The van der Waals surface area contributed by atoms with E-state index in [0.29, 0.717) is 11.5 Å². The summed E-state index contributed by atoms with van der Waals surface area (Å²) < 4.78 is 0. The summed E-state index contributed by atoms with van der Waals surface area (Å²) in [5.74, 6) is 0.917. The molecule has 3 rings (SSSR count). The largest absolute Gasteiger partial charge is 0.368 e. The summed E-state index contributed by atoms with van der Waals surface area (Å²) in [5.41, 5.74) is 9.59. The third-order valence-corrected chi connectivity index (χ3v) is 3.09. The molecule has 0 unspecified atom stereocenters. The first-order valence-electron chi connectivity index (χ1n) is 6.48. The number of aromatic amines is 1. The molecule has 0 spiro atoms.